The van der Waals surface area contributed by atoms with Gasteiger partial charge in [-0.15, -0.1) is 0 Å². The summed E-state index contributed by atoms with van der Waals surface area (Å²) in [6.07, 6.45) is -5.81. The van der Waals surface area contributed by atoms with Gasteiger partial charge in [-0.2, -0.15) is 21.9 Å². The van der Waals surface area contributed by atoms with Crippen molar-refractivity contribution in [2.45, 2.75) is 36.3 Å². The largest absolute Gasteiger partial charge is 0.433 e. The highest BCUT2D eigenvalue weighted by atomic mass is 32.2. The van der Waals surface area contributed by atoms with Crippen molar-refractivity contribution in [2.24, 2.45) is 0 Å². The minimum absolute atomic E-state index is 0.0457. The van der Waals surface area contributed by atoms with Gasteiger partial charge in [0.05, 0.1) is 10.6 Å². The molecule has 3 aromatic rings. The van der Waals surface area contributed by atoms with Crippen LogP contribution < -0.4 is 5.32 Å². The van der Waals surface area contributed by atoms with Gasteiger partial charge in [0.15, 0.2) is 0 Å². The molecule has 1 N–H and O–H groups in total. The average Bonchev–Trinajstić information content (AvgIpc) is 3.25. The molecule has 0 unspecified atom stereocenters. The first-order chi connectivity index (χ1) is 17.3. The van der Waals surface area contributed by atoms with Gasteiger partial charge in [-0.05, 0) is 54.1 Å². The Labute approximate surface area is 207 Å². The minimum atomic E-state index is -4.65. The second-order valence-corrected chi connectivity index (χ2v) is 10.1. The topological polar surface area (TPSA) is 92.3 Å². The summed E-state index contributed by atoms with van der Waals surface area (Å²) in [6, 6.07) is 6.51. The highest BCUT2D eigenvalue weighted by Crippen LogP contribution is 2.30. The van der Waals surface area contributed by atoms with Gasteiger partial charge < -0.3 is 5.32 Å². The molecular weight excluding hydrogens is 526 g/mol. The zero-order chi connectivity index (χ0) is 27.0. The third kappa shape index (κ3) is 5.91. The van der Waals surface area contributed by atoms with Crippen LogP contribution in [-0.2, 0) is 27.5 Å². The molecule has 196 valence electrons. The summed E-state index contributed by atoms with van der Waals surface area (Å²) in [7, 11) is -4.32. The molecule has 0 radical (unpaired) electrons. The lowest BCUT2D eigenvalue weighted by atomic mass is 10.1. The Kier molecular flexibility index (Phi) is 7.24. The van der Waals surface area contributed by atoms with Gasteiger partial charge >= 0.3 is 6.18 Å². The van der Waals surface area contributed by atoms with E-state index in [9.17, 15) is 39.6 Å². The molecule has 1 aliphatic heterocycles. The summed E-state index contributed by atoms with van der Waals surface area (Å²) in [4.78, 5) is 19.4. The second kappa shape index (κ2) is 10.1. The number of halogens is 6. The Balaban J connectivity index is 1.50. The Morgan fingerprint density at radius 1 is 1.08 bits per heavy atom. The summed E-state index contributed by atoms with van der Waals surface area (Å²) in [6.45, 7) is -0.885. The molecule has 2 aromatic heterocycles. The number of rotatable bonds is 6. The van der Waals surface area contributed by atoms with Crippen molar-refractivity contribution in [3.63, 3.8) is 0 Å². The number of benzene rings is 1. The van der Waals surface area contributed by atoms with Crippen LogP contribution in [0, 0.1) is 11.8 Å². The first-order valence-electron chi connectivity index (χ1n) is 10.7. The van der Waals surface area contributed by atoms with Gasteiger partial charge in [0.1, 0.15) is 23.7 Å². The zero-order valence-electron chi connectivity index (χ0n) is 18.7. The molecule has 14 heteroatoms. The Morgan fingerprint density at radius 3 is 2.41 bits per heavy atom. The van der Waals surface area contributed by atoms with Gasteiger partial charge in [-0.3, -0.25) is 9.78 Å². The average molecular weight is 544 g/mol. The van der Waals surface area contributed by atoms with E-state index < -0.39 is 64.7 Å². The smallest absolute Gasteiger partial charge is 0.351 e. The molecule has 0 bridgehead atoms. The first-order valence-corrected chi connectivity index (χ1v) is 12.2. The SMILES string of the molecule is O=C(NCc1cc(F)nc(-c2ccc(C(F)(F)F)nc2)c1)[C@@H]1C[C@@H](F)CN1S(=O)(=O)c1ccc(F)cc1. The quantitative estimate of drug-likeness (QED) is 0.376. The number of hydrogen-bond acceptors (Lipinski definition) is 5. The maximum atomic E-state index is 14.2. The van der Waals surface area contributed by atoms with Crippen molar-refractivity contribution >= 4 is 15.9 Å². The first kappa shape index (κ1) is 26.5. The predicted octanol–water partition coefficient (Wildman–Crippen LogP) is 3.86. The third-order valence-corrected chi connectivity index (χ3v) is 7.49. The summed E-state index contributed by atoms with van der Waals surface area (Å²) in [5, 5.41) is 2.43. The predicted molar refractivity (Wildman–Crippen MR) is 118 cm³/mol. The lowest BCUT2D eigenvalue weighted by Crippen LogP contribution is -2.45. The van der Waals surface area contributed by atoms with Gasteiger partial charge in [0, 0.05) is 31.3 Å². The number of nitrogens with zero attached hydrogens (tertiary/aromatic N) is 3. The standard InChI is InChI=1S/C23H18F6N4O3S/c24-15-2-4-17(5-3-15)37(35,36)33-12-16(25)9-19(33)22(34)31-10-13-7-18(32-21(26)8-13)14-1-6-20(30-11-14)23(27,28)29/h1-8,11,16,19H,9-10,12H2,(H,31,34)/t16-,19+/m1/s1. The van der Waals surface area contributed by atoms with Crippen molar-refractivity contribution in [1.29, 1.82) is 0 Å². The highest BCUT2D eigenvalue weighted by molar-refractivity contribution is 7.89. The number of carbonyl (C=O) groups excluding carboxylic acids is 1. The Hall–Kier alpha value is -3.52. The van der Waals surface area contributed by atoms with Gasteiger partial charge in [-0.25, -0.2) is 22.2 Å². The molecule has 7 nitrogen and oxygen atoms in total. The van der Waals surface area contributed by atoms with Gasteiger partial charge in [0.25, 0.3) is 0 Å². The molecule has 1 aromatic carbocycles. The fourth-order valence-corrected chi connectivity index (χ4v) is 5.45. The minimum Gasteiger partial charge on any atom is -0.351 e. The molecule has 4 rings (SSSR count). The van der Waals surface area contributed by atoms with Crippen LogP contribution in [0.15, 0.2) is 59.6 Å². The summed E-state index contributed by atoms with van der Waals surface area (Å²) in [5.74, 6) is -2.50. The number of nitrogens with one attached hydrogen (secondary N) is 1. The van der Waals surface area contributed by atoms with Crippen LogP contribution in [0.3, 0.4) is 0 Å². The monoisotopic (exact) mass is 544 g/mol. The van der Waals surface area contributed by atoms with Crippen molar-refractivity contribution in [1.82, 2.24) is 19.6 Å². The number of alkyl halides is 4. The molecule has 2 atom stereocenters. The van der Waals surface area contributed by atoms with E-state index in [-0.39, 0.29) is 28.3 Å². The molecule has 0 saturated carbocycles. The van der Waals surface area contributed by atoms with E-state index >= 15 is 0 Å². The maximum Gasteiger partial charge on any atom is 0.433 e. The summed E-state index contributed by atoms with van der Waals surface area (Å²) < 4.78 is 106. The van der Waals surface area contributed by atoms with Gasteiger partial charge in [0.2, 0.25) is 21.9 Å². The van der Waals surface area contributed by atoms with Crippen LogP contribution in [0.4, 0.5) is 26.3 Å². The second-order valence-electron chi connectivity index (χ2n) is 8.21. The van der Waals surface area contributed by atoms with Crippen molar-refractivity contribution < 1.29 is 39.6 Å². The fourth-order valence-electron chi connectivity index (χ4n) is 3.82. The lowest BCUT2D eigenvalue weighted by Gasteiger charge is -2.23. The number of sulfonamides is 1. The molecule has 0 aliphatic carbocycles. The van der Waals surface area contributed by atoms with Crippen molar-refractivity contribution in [3.8, 4) is 11.3 Å². The van der Waals surface area contributed by atoms with Crippen LogP contribution in [-0.4, -0.2) is 47.4 Å². The summed E-state index contributed by atoms with van der Waals surface area (Å²) in [5.41, 5.74) is -0.926. The molecule has 1 fully saturated rings. The molecule has 1 amide bonds. The van der Waals surface area contributed by atoms with Crippen LogP contribution in [0.1, 0.15) is 17.7 Å². The molecule has 0 spiro atoms. The van der Waals surface area contributed by atoms with Gasteiger partial charge in [-0.1, -0.05) is 0 Å². The number of hydrogen-bond donors (Lipinski definition) is 1. The number of carbonyl (C=O) groups is 1. The Bertz CT molecular complexity index is 1400. The van der Waals surface area contributed by atoms with Crippen molar-refractivity contribution in [3.05, 3.63) is 77.8 Å². The van der Waals surface area contributed by atoms with Crippen LogP contribution >= 0.6 is 0 Å². The van der Waals surface area contributed by atoms with E-state index in [0.717, 1.165) is 42.6 Å². The van der Waals surface area contributed by atoms with E-state index in [1.807, 2.05) is 0 Å². The maximum absolute atomic E-state index is 14.2. The number of pyridine rings is 2. The van der Waals surface area contributed by atoms with Crippen LogP contribution in [0.5, 0.6) is 0 Å². The molecule has 3 heterocycles. The summed E-state index contributed by atoms with van der Waals surface area (Å²) >= 11 is 0. The van der Waals surface area contributed by atoms with E-state index in [2.05, 4.69) is 15.3 Å². The van der Waals surface area contributed by atoms with E-state index in [1.54, 1.807) is 0 Å². The van der Waals surface area contributed by atoms with E-state index in [0.29, 0.717) is 10.4 Å². The molecule has 1 saturated heterocycles. The van der Waals surface area contributed by atoms with Crippen LogP contribution in [0.25, 0.3) is 11.3 Å². The molecular formula is C23H18F6N4O3S. The normalized spacial score (nSPS) is 18.6. The fraction of sp³-hybridized carbons (Fsp3) is 0.261. The number of aromatic nitrogens is 2. The highest BCUT2D eigenvalue weighted by Gasteiger charge is 2.44. The van der Waals surface area contributed by atoms with E-state index in [1.165, 1.54) is 6.07 Å². The zero-order valence-corrected chi connectivity index (χ0v) is 19.5. The lowest BCUT2D eigenvalue weighted by molar-refractivity contribution is -0.141. The van der Waals surface area contributed by atoms with E-state index in [4.69, 9.17) is 0 Å². The van der Waals surface area contributed by atoms with Crippen LogP contribution in [0.2, 0.25) is 0 Å². The Morgan fingerprint density at radius 2 is 1.78 bits per heavy atom. The molecule has 1 aliphatic rings. The van der Waals surface area contributed by atoms with Crippen molar-refractivity contribution in [2.75, 3.05) is 6.54 Å². The molecule has 37 heavy (non-hydrogen) atoms. The number of amides is 1. The third-order valence-electron chi connectivity index (χ3n) is 5.60.